The molecule has 0 amide bonds. The summed E-state index contributed by atoms with van der Waals surface area (Å²) in [6.07, 6.45) is 3.83. The Bertz CT molecular complexity index is 1350. The highest BCUT2D eigenvalue weighted by Crippen LogP contribution is 2.45. The zero-order chi connectivity index (χ0) is 23.8. The summed E-state index contributed by atoms with van der Waals surface area (Å²) in [5.41, 5.74) is 3.13. The monoisotopic (exact) mass is 464 g/mol. The molecule has 0 aliphatic carbocycles. The molecule has 8 heteroatoms. The Labute approximate surface area is 197 Å². The van der Waals surface area contributed by atoms with Crippen molar-refractivity contribution in [1.29, 1.82) is 0 Å². The number of nitrogens with one attached hydrogen (secondary N) is 1. The van der Waals surface area contributed by atoms with Crippen LogP contribution in [0.2, 0.25) is 0 Å². The number of alkyl halides is 1. The Hall–Kier alpha value is -3.39. The van der Waals surface area contributed by atoms with Gasteiger partial charge >= 0.3 is 0 Å². The van der Waals surface area contributed by atoms with Gasteiger partial charge < -0.3 is 19.5 Å². The number of H-pyrrole nitrogens is 1. The average Bonchev–Trinajstić information content (AvgIpc) is 3.33. The second-order valence-electron chi connectivity index (χ2n) is 9.10. The van der Waals surface area contributed by atoms with Gasteiger partial charge in [0.05, 0.1) is 31.0 Å². The Kier molecular flexibility index (Phi) is 6.00. The van der Waals surface area contributed by atoms with Crippen molar-refractivity contribution in [3.63, 3.8) is 0 Å². The number of halogens is 1. The maximum Gasteiger partial charge on any atom is 0.169 e. The largest absolute Gasteiger partial charge is 0.508 e. The topological polar surface area (TPSA) is 83.5 Å². The molecule has 0 saturated carbocycles. The van der Waals surface area contributed by atoms with Gasteiger partial charge in [-0.05, 0) is 81.2 Å². The Morgan fingerprint density at radius 1 is 1.21 bits per heavy atom. The van der Waals surface area contributed by atoms with E-state index in [1.807, 2.05) is 13.0 Å². The number of likely N-dealkylation sites (tertiary alicyclic amines) is 1. The molecule has 2 N–H and O–H groups in total. The fourth-order valence-corrected chi connectivity index (χ4v) is 4.80. The normalized spacial score (nSPS) is 15.3. The van der Waals surface area contributed by atoms with Crippen LogP contribution in [-0.2, 0) is 6.67 Å². The van der Waals surface area contributed by atoms with E-state index < -0.39 is 6.67 Å². The average molecular weight is 465 g/mol. The summed E-state index contributed by atoms with van der Waals surface area (Å²) in [7, 11) is 3.73. The third kappa shape index (κ3) is 3.92. The van der Waals surface area contributed by atoms with Crippen LogP contribution in [0.15, 0.2) is 30.5 Å². The van der Waals surface area contributed by atoms with Gasteiger partial charge in [0.25, 0.3) is 0 Å². The zero-order valence-electron chi connectivity index (χ0n) is 19.7. The lowest BCUT2D eigenvalue weighted by Gasteiger charge is -2.29. The Balaban J connectivity index is 1.68. The molecule has 1 aliphatic rings. The first-order valence-electron chi connectivity index (χ1n) is 11.5. The maximum absolute atomic E-state index is 14.5. The standard InChI is InChI=1S/C26H29FN4O3/c1-15-10-17(4-5-20(15)32)24-22-18(12-27)11-21(34-14-16-6-8-31(2)9-7-16)25(33-3)23(22)19-13-28-30-26(19)29-24/h4-5,10-11,13,16,32H,6-9,12,14H2,1-3H3,(H,28,29,30). The summed E-state index contributed by atoms with van der Waals surface area (Å²) in [4.78, 5) is 7.10. The van der Waals surface area contributed by atoms with Gasteiger partial charge in [-0.2, -0.15) is 5.10 Å². The molecular formula is C26H29FN4O3. The predicted octanol–water partition coefficient (Wildman–Crippen LogP) is 4.99. The zero-order valence-corrected chi connectivity index (χ0v) is 19.7. The third-order valence-electron chi connectivity index (χ3n) is 6.81. The molecule has 0 spiro atoms. The van der Waals surface area contributed by atoms with E-state index in [-0.39, 0.29) is 5.75 Å². The minimum atomic E-state index is -0.680. The number of aromatic amines is 1. The van der Waals surface area contributed by atoms with Crippen molar-refractivity contribution in [2.24, 2.45) is 5.92 Å². The fourth-order valence-electron chi connectivity index (χ4n) is 4.80. The first-order valence-corrected chi connectivity index (χ1v) is 11.5. The number of benzene rings is 2. The van der Waals surface area contributed by atoms with Crippen LogP contribution in [-0.4, -0.2) is 59.0 Å². The summed E-state index contributed by atoms with van der Waals surface area (Å²) in [5, 5.41) is 19.2. The summed E-state index contributed by atoms with van der Waals surface area (Å²) >= 11 is 0. The summed E-state index contributed by atoms with van der Waals surface area (Å²) in [6, 6.07) is 6.99. The van der Waals surface area contributed by atoms with Crippen LogP contribution in [0.4, 0.5) is 4.39 Å². The van der Waals surface area contributed by atoms with Gasteiger partial charge in [-0.25, -0.2) is 9.37 Å². The van der Waals surface area contributed by atoms with Crippen molar-refractivity contribution in [2.75, 3.05) is 33.9 Å². The van der Waals surface area contributed by atoms with E-state index in [1.165, 1.54) is 0 Å². The van der Waals surface area contributed by atoms with E-state index in [2.05, 4.69) is 22.1 Å². The highest BCUT2D eigenvalue weighted by Gasteiger charge is 2.24. The molecule has 2 aromatic carbocycles. The number of aryl methyl sites for hydroxylation is 1. The number of phenols is 1. The molecule has 7 nitrogen and oxygen atoms in total. The number of rotatable bonds is 6. The van der Waals surface area contributed by atoms with Crippen LogP contribution in [0, 0.1) is 12.8 Å². The van der Waals surface area contributed by atoms with E-state index in [0.29, 0.717) is 51.9 Å². The first-order chi connectivity index (χ1) is 16.5. The highest BCUT2D eigenvalue weighted by atomic mass is 19.1. The highest BCUT2D eigenvalue weighted by molar-refractivity contribution is 6.15. The molecule has 3 heterocycles. The van der Waals surface area contributed by atoms with Crippen LogP contribution in [0.25, 0.3) is 33.1 Å². The van der Waals surface area contributed by atoms with Crippen molar-refractivity contribution in [1.82, 2.24) is 20.1 Å². The lowest BCUT2D eigenvalue weighted by molar-refractivity contribution is 0.157. The van der Waals surface area contributed by atoms with E-state index in [9.17, 15) is 9.50 Å². The molecule has 0 unspecified atom stereocenters. The fraction of sp³-hybridized carbons (Fsp3) is 0.385. The molecular weight excluding hydrogens is 435 g/mol. The number of fused-ring (bicyclic) bond motifs is 3. The molecule has 34 heavy (non-hydrogen) atoms. The number of methoxy groups -OCH3 is 1. The molecule has 4 aromatic rings. The van der Waals surface area contributed by atoms with Gasteiger partial charge in [0.2, 0.25) is 0 Å². The number of aromatic nitrogens is 3. The summed E-state index contributed by atoms with van der Waals surface area (Å²) in [5.74, 6) is 1.73. The molecule has 0 radical (unpaired) electrons. The van der Waals surface area contributed by atoms with Gasteiger partial charge in [0.15, 0.2) is 17.1 Å². The number of hydrogen-bond donors (Lipinski definition) is 2. The SMILES string of the molecule is COc1c(OCC2CCN(C)CC2)cc(CF)c2c(-c3ccc(O)c(C)c3)nc3[nH]ncc3c12. The number of piperidine rings is 1. The van der Waals surface area contributed by atoms with E-state index in [0.717, 1.165) is 42.3 Å². The molecule has 178 valence electrons. The number of nitrogens with zero attached hydrogens (tertiary/aromatic N) is 3. The van der Waals surface area contributed by atoms with Crippen LogP contribution in [0.5, 0.6) is 17.2 Å². The first kappa shape index (κ1) is 22.4. The lowest BCUT2D eigenvalue weighted by atomic mass is 9.95. The smallest absolute Gasteiger partial charge is 0.169 e. The molecule has 5 rings (SSSR count). The van der Waals surface area contributed by atoms with Gasteiger partial charge in [-0.1, -0.05) is 0 Å². The van der Waals surface area contributed by atoms with Crippen LogP contribution < -0.4 is 9.47 Å². The maximum atomic E-state index is 14.5. The van der Waals surface area contributed by atoms with E-state index in [4.69, 9.17) is 14.5 Å². The van der Waals surface area contributed by atoms with Gasteiger partial charge in [-0.15, -0.1) is 0 Å². The number of hydrogen-bond acceptors (Lipinski definition) is 6. The van der Waals surface area contributed by atoms with Gasteiger partial charge in [-0.3, -0.25) is 5.10 Å². The van der Waals surface area contributed by atoms with Gasteiger partial charge in [0, 0.05) is 16.3 Å². The molecule has 0 atom stereocenters. The van der Waals surface area contributed by atoms with E-state index >= 15 is 0 Å². The Morgan fingerprint density at radius 2 is 2.00 bits per heavy atom. The molecule has 0 bridgehead atoms. The summed E-state index contributed by atoms with van der Waals surface area (Å²) in [6.45, 7) is 3.80. The van der Waals surface area contributed by atoms with Crippen molar-refractivity contribution in [2.45, 2.75) is 26.4 Å². The quantitative estimate of drug-likeness (QED) is 0.418. The van der Waals surface area contributed by atoms with Crippen LogP contribution >= 0.6 is 0 Å². The second-order valence-corrected chi connectivity index (χ2v) is 9.10. The van der Waals surface area contributed by atoms with Crippen molar-refractivity contribution < 1.29 is 19.0 Å². The third-order valence-corrected chi connectivity index (χ3v) is 6.81. The molecule has 1 aliphatic heterocycles. The number of aromatic hydroxyl groups is 1. The molecule has 1 fully saturated rings. The predicted molar refractivity (Wildman–Crippen MR) is 130 cm³/mol. The van der Waals surface area contributed by atoms with Gasteiger partial charge in [0.1, 0.15) is 12.4 Å². The number of phenolic OH excluding ortho intramolecular Hbond substituents is 1. The minimum absolute atomic E-state index is 0.198. The lowest BCUT2D eigenvalue weighted by Crippen LogP contribution is -2.32. The number of ether oxygens (including phenoxy) is 2. The Morgan fingerprint density at radius 3 is 2.71 bits per heavy atom. The summed E-state index contributed by atoms with van der Waals surface area (Å²) < 4.78 is 26.6. The van der Waals surface area contributed by atoms with Crippen molar-refractivity contribution in [3.8, 4) is 28.5 Å². The molecule has 2 aromatic heterocycles. The number of pyridine rings is 1. The van der Waals surface area contributed by atoms with Crippen molar-refractivity contribution in [3.05, 3.63) is 41.6 Å². The van der Waals surface area contributed by atoms with Crippen LogP contribution in [0.1, 0.15) is 24.0 Å². The van der Waals surface area contributed by atoms with Crippen LogP contribution in [0.3, 0.4) is 0 Å². The van der Waals surface area contributed by atoms with E-state index in [1.54, 1.807) is 31.5 Å². The molecule has 1 saturated heterocycles. The minimum Gasteiger partial charge on any atom is -0.508 e. The van der Waals surface area contributed by atoms with Crippen molar-refractivity contribution >= 4 is 21.8 Å². The second kappa shape index (κ2) is 9.10.